The molecule has 6 atom stereocenters. The van der Waals surface area contributed by atoms with Crippen LogP contribution >= 0.6 is 0 Å². The van der Waals surface area contributed by atoms with Crippen LogP contribution in [0.1, 0.15) is 77.0 Å². The summed E-state index contributed by atoms with van der Waals surface area (Å²) in [6.45, 7) is 47.4. The lowest BCUT2D eigenvalue weighted by atomic mass is 10.0. The first kappa shape index (κ1) is 106. The molecule has 0 aromatic rings. The minimum absolute atomic E-state index is 0.0493. The normalized spacial score (nSPS) is 18.7. The summed E-state index contributed by atoms with van der Waals surface area (Å²) in [5.74, 6) is -1.78. The summed E-state index contributed by atoms with van der Waals surface area (Å²) in [6.07, 6.45) is 98.3. The first-order chi connectivity index (χ1) is 63.0. The zero-order valence-electron chi connectivity index (χ0n) is 75.1. The molecular formula is C106H130N10O14. The van der Waals surface area contributed by atoms with Crippen molar-refractivity contribution in [1.29, 1.82) is 0 Å². The van der Waals surface area contributed by atoms with Crippen molar-refractivity contribution in [3.8, 4) is 0 Å². The average molecular weight is 1770 g/mol. The van der Waals surface area contributed by atoms with E-state index in [1.807, 2.05) is 178 Å². The Morgan fingerprint density at radius 2 is 0.415 bits per heavy atom. The van der Waals surface area contributed by atoms with Crippen LogP contribution in [0.3, 0.4) is 0 Å². The zero-order valence-corrected chi connectivity index (χ0v) is 75.1. The molecule has 0 aromatic carbocycles. The zero-order chi connectivity index (χ0) is 94.8. The van der Waals surface area contributed by atoms with Gasteiger partial charge in [0.05, 0.1) is 60.4 Å². The lowest BCUT2D eigenvalue weighted by Crippen LogP contribution is -2.41. The Morgan fingerprint density at radius 1 is 0.223 bits per heavy atom. The summed E-state index contributed by atoms with van der Waals surface area (Å²) in [4.78, 5) is 158. The number of carbonyl (C=O) groups excluding carboxylic acids is 12. The standard InChI is InChI=1S/C22H30N2O2.C20H26N2O2.C20H22N2O2.C18H22N2O2.C16H18N2O2.C10H12O4/c1-3-21(25)23(19-13-7-5-8-14-19)17-11-12-18-24(22(26)4-2)20-15-9-6-10-16-20;2*1-3-19(23)21(17-11-5-6-12-17)15-9-10-16-22(20(24)4-2)18-13-7-8-14-18;1-3-17(21)19(15-9-7-10-15)13-5-6-14-20(18(22)4-2)16-11-8-12-16;1-3-15(19)17(13-7-8-13)11-5-6-12-18(14-9-10-14)16(20)4-2;1-3-9(11)13-7-5-6-8-14-10(12)4-2/h3-4,7,9,11-13,15,19-20H,1-2,5-6,8,10,14,16-18H2;3-5,7,9-11,13,17-18H,1-2,6,8,12,14-16H2;3-14,17-18H,1-2,15-16H2;3-9,11,15-16H,1-2,10,12-14H2;3-10,13-14H,1-2,11-12H2;3-6H,1-2,7-8H2/b12-11+;2*10-9+;3*6-5+. The van der Waals surface area contributed by atoms with Crippen molar-refractivity contribution in [1.82, 2.24) is 49.0 Å². The smallest absolute Gasteiger partial charge is 0.330 e. The number of hydrogen-bond donors (Lipinski definition) is 0. The summed E-state index contributed by atoms with van der Waals surface area (Å²) in [6, 6.07) is 0.997. The van der Waals surface area contributed by atoms with Crippen LogP contribution in [0.5, 0.6) is 0 Å². The Bertz CT molecular complexity index is 4280. The van der Waals surface area contributed by atoms with Crippen LogP contribution in [0.4, 0.5) is 0 Å². The minimum Gasteiger partial charge on any atom is -0.458 e. The Labute approximate surface area is 769 Å². The van der Waals surface area contributed by atoms with Crippen LogP contribution in [-0.4, -0.2) is 259 Å². The lowest BCUT2D eigenvalue weighted by Gasteiger charge is -2.32. The van der Waals surface area contributed by atoms with Gasteiger partial charge in [-0.15, -0.1) is 0 Å². The van der Waals surface area contributed by atoms with Gasteiger partial charge in [-0.1, -0.05) is 286 Å². The fourth-order valence-corrected chi connectivity index (χ4v) is 13.9. The molecule has 10 aliphatic rings. The molecule has 0 N–H and O–H groups in total. The van der Waals surface area contributed by atoms with Gasteiger partial charge in [0.25, 0.3) is 0 Å². The second-order valence-electron chi connectivity index (χ2n) is 30.2. The molecule has 0 aliphatic heterocycles. The van der Waals surface area contributed by atoms with Crippen molar-refractivity contribution >= 4 is 71.0 Å². The largest absolute Gasteiger partial charge is 0.458 e. The van der Waals surface area contributed by atoms with Crippen molar-refractivity contribution in [2.45, 2.75) is 137 Å². The van der Waals surface area contributed by atoms with E-state index >= 15 is 0 Å². The predicted molar refractivity (Wildman–Crippen MR) is 519 cm³/mol. The van der Waals surface area contributed by atoms with E-state index in [0.29, 0.717) is 65.4 Å². The van der Waals surface area contributed by atoms with E-state index in [2.05, 4.69) is 137 Å². The van der Waals surface area contributed by atoms with E-state index in [1.54, 1.807) is 41.6 Å². The third-order valence-electron chi connectivity index (χ3n) is 21.5. The quantitative estimate of drug-likeness (QED) is 0.0312. The van der Waals surface area contributed by atoms with E-state index in [-0.39, 0.29) is 133 Å². The molecule has 0 bridgehead atoms. The van der Waals surface area contributed by atoms with Gasteiger partial charge in [-0.25, -0.2) is 9.59 Å². The molecule has 130 heavy (non-hydrogen) atoms. The molecule has 24 heteroatoms. The number of carbonyl (C=O) groups is 12. The molecule has 688 valence electrons. The number of esters is 2. The summed E-state index contributed by atoms with van der Waals surface area (Å²) < 4.78 is 9.24. The second kappa shape index (κ2) is 61.3. The highest BCUT2D eigenvalue weighted by atomic mass is 16.5. The maximum atomic E-state index is 12.2. The van der Waals surface area contributed by atoms with Crippen molar-refractivity contribution in [3.05, 3.63) is 371 Å². The Hall–Kier alpha value is -14.2. The van der Waals surface area contributed by atoms with Gasteiger partial charge in [-0.3, -0.25) is 47.9 Å². The lowest BCUT2D eigenvalue weighted by molar-refractivity contribution is -0.137. The summed E-state index contributed by atoms with van der Waals surface area (Å²) in [5, 5.41) is 0. The van der Waals surface area contributed by atoms with Crippen LogP contribution in [0.2, 0.25) is 0 Å². The van der Waals surface area contributed by atoms with E-state index < -0.39 is 11.9 Å². The molecule has 0 fully saturated rings. The monoisotopic (exact) mass is 1770 g/mol. The van der Waals surface area contributed by atoms with E-state index in [9.17, 15) is 57.5 Å². The summed E-state index contributed by atoms with van der Waals surface area (Å²) in [5.41, 5.74) is 0. The molecule has 0 saturated heterocycles. The predicted octanol–water partition coefficient (Wildman–Crippen LogP) is 14.0. The Morgan fingerprint density at radius 3 is 0.600 bits per heavy atom. The van der Waals surface area contributed by atoms with Gasteiger partial charge in [0.1, 0.15) is 13.2 Å². The highest BCUT2D eigenvalue weighted by molar-refractivity contribution is 5.92. The molecule has 0 saturated carbocycles. The van der Waals surface area contributed by atoms with Crippen molar-refractivity contribution in [3.63, 3.8) is 0 Å². The number of ether oxygens (including phenoxy) is 2. The molecule has 24 nitrogen and oxygen atoms in total. The van der Waals surface area contributed by atoms with Gasteiger partial charge in [0.2, 0.25) is 59.1 Å². The van der Waals surface area contributed by atoms with Gasteiger partial charge in [-0.05, 0) is 150 Å². The van der Waals surface area contributed by atoms with Crippen LogP contribution in [-0.2, 0) is 67.0 Å². The van der Waals surface area contributed by atoms with Gasteiger partial charge in [0, 0.05) is 77.6 Å². The van der Waals surface area contributed by atoms with Crippen LogP contribution < -0.4 is 0 Å². The van der Waals surface area contributed by atoms with Crippen LogP contribution in [0.25, 0.3) is 0 Å². The summed E-state index contributed by atoms with van der Waals surface area (Å²) >= 11 is 0. The van der Waals surface area contributed by atoms with Gasteiger partial charge in [-0.2, -0.15) is 0 Å². The van der Waals surface area contributed by atoms with E-state index in [4.69, 9.17) is 0 Å². The minimum atomic E-state index is -0.488. The highest BCUT2D eigenvalue weighted by Gasteiger charge is 2.30. The maximum absolute atomic E-state index is 12.2. The Kier molecular flexibility index (Phi) is 50.1. The first-order valence-electron chi connectivity index (χ1n) is 43.9. The van der Waals surface area contributed by atoms with Gasteiger partial charge in [0.15, 0.2) is 0 Å². The van der Waals surface area contributed by atoms with Gasteiger partial charge >= 0.3 is 11.9 Å². The maximum Gasteiger partial charge on any atom is 0.330 e. The fraction of sp³-hybridized carbons (Fsp3) is 0.321. The number of allylic oxidation sites excluding steroid dienone is 8. The third kappa shape index (κ3) is 37.8. The Balaban J connectivity index is 0.000000279. The number of hydrogen-bond acceptors (Lipinski definition) is 14. The van der Waals surface area contributed by atoms with Crippen LogP contribution in [0, 0.1) is 0 Å². The highest BCUT2D eigenvalue weighted by Crippen LogP contribution is 2.25. The molecule has 10 rings (SSSR count). The fourth-order valence-electron chi connectivity index (χ4n) is 13.9. The topological polar surface area (TPSA) is 256 Å². The van der Waals surface area contributed by atoms with Gasteiger partial charge < -0.3 is 58.5 Å². The molecule has 0 aromatic heterocycles. The first-order valence-corrected chi connectivity index (χ1v) is 43.9. The third-order valence-corrected chi connectivity index (χ3v) is 21.5. The van der Waals surface area contributed by atoms with Crippen molar-refractivity contribution < 1.29 is 67.0 Å². The van der Waals surface area contributed by atoms with Crippen molar-refractivity contribution in [2.24, 2.45) is 0 Å². The molecule has 6 unspecified atom stereocenters. The van der Waals surface area contributed by atoms with E-state index in [1.165, 1.54) is 60.8 Å². The second-order valence-corrected chi connectivity index (χ2v) is 30.2. The number of amides is 10. The average Bonchev–Trinajstić information content (AvgIpc) is 1.04. The summed E-state index contributed by atoms with van der Waals surface area (Å²) in [7, 11) is 0. The molecular weight excluding hydrogens is 1640 g/mol. The molecule has 10 aliphatic carbocycles. The van der Waals surface area contributed by atoms with E-state index in [0.717, 1.165) is 89.2 Å². The SMILES string of the molecule is C=CC(=O)N(C/C=C/CN(C(=O)C=C)C1C=C1)C1C=C1.C=CC(=O)N(C/C=C/CN(C(=O)C=C)C1C=CC1)C1C=CC1.C=CC(=O)N(C/C=C/CN(C(=O)C=C)C1C=CC=C1)C1C=CC=C1.C=CC(=O)N(C/C=C/CN(C(=O)C=C)C1C=CCC1)C1C=CCC1.C=CC(=O)N(C/C=C/CN(C(=O)C=C)C1C=CCCC1)C1C=CCCC1.C=CC(=O)OC/C=C/COC(=O)C=C. The number of nitrogens with zero attached hydrogens (tertiary/aromatic N) is 10. The van der Waals surface area contributed by atoms with Crippen LogP contribution in [0.15, 0.2) is 371 Å². The number of rotatable bonds is 46. The molecule has 0 spiro atoms. The molecule has 0 heterocycles. The van der Waals surface area contributed by atoms with Crippen molar-refractivity contribution in [2.75, 3.05) is 78.7 Å². The molecule has 10 amide bonds. The molecule has 0 radical (unpaired) electrons.